The molecular formula is C15H13IN4S2. The van der Waals surface area contributed by atoms with Crippen molar-refractivity contribution in [1.82, 2.24) is 5.43 Å². The van der Waals surface area contributed by atoms with Gasteiger partial charge in [0.15, 0.2) is 5.11 Å². The highest BCUT2D eigenvalue weighted by molar-refractivity contribution is 14.1. The maximum absolute atomic E-state index is 5.46. The minimum absolute atomic E-state index is 0.0884. The highest BCUT2D eigenvalue weighted by Crippen LogP contribution is 2.12. The number of hydrazone groups is 1. The summed E-state index contributed by atoms with van der Waals surface area (Å²) in [4.78, 5) is 0.483. The van der Waals surface area contributed by atoms with Crippen molar-refractivity contribution >= 4 is 68.5 Å². The fraction of sp³-hybridized carbons (Fsp3) is 0. The first-order chi connectivity index (χ1) is 10.6. The van der Waals surface area contributed by atoms with Crippen molar-refractivity contribution in [3.8, 4) is 0 Å². The third kappa shape index (κ3) is 5.00. The minimum atomic E-state index is 0.0884. The van der Waals surface area contributed by atoms with Crippen molar-refractivity contribution < 1.29 is 0 Å². The Labute approximate surface area is 153 Å². The Morgan fingerprint density at radius 3 is 2.23 bits per heavy atom. The molecule has 4 N–H and O–H groups in total. The molecule has 2 rings (SSSR count). The summed E-state index contributed by atoms with van der Waals surface area (Å²) in [6, 6.07) is 17.5. The summed E-state index contributed by atoms with van der Waals surface area (Å²) in [7, 11) is 0. The van der Waals surface area contributed by atoms with Crippen LogP contribution < -0.4 is 16.5 Å². The Balaban J connectivity index is 2.24. The zero-order valence-electron chi connectivity index (χ0n) is 11.4. The van der Waals surface area contributed by atoms with E-state index >= 15 is 0 Å². The Morgan fingerprint density at radius 2 is 1.64 bits per heavy atom. The molecule has 0 bridgehead atoms. The average Bonchev–Trinajstić information content (AvgIpc) is 2.50. The highest BCUT2D eigenvalue weighted by Gasteiger charge is 2.10. The van der Waals surface area contributed by atoms with Crippen molar-refractivity contribution in [3.63, 3.8) is 0 Å². The molecule has 0 aliphatic rings. The van der Waals surface area contributed by atoms with Crippen molar-refractivity contribution in [2.45, 2.75) is 0 Å². The molecule has 0 radical (unpaired) electrons. The average molecular weight is 440 g/mol. The van der Waals surface area contributed by atoms with Crippen LogP contribution in [0.25, 0.3) is 0 Å². The van der Waals surface area contributed by atoms with Crippen molar-refractivity contribution in [1.29, 1.82) is 0 Å². The van der Waals surface area contributed by atoms with Crippen LogP contribution in [-0.4, -0.2) is 15.8 Å². The van der Waals surface area contributed by atoms with E-state index in [9.17, 15) is 0 Å². The molecule has 112 valence electrons. The Kier molecular flexibility index (Phi) is 6.22. The molecule has 0 aliphatic carbocycles. The first kappa shape index (κ1) is 16.8. The van der Waals surface area contributed by atoms with Crippen LogP contribution in [0.2, 0.25) is 0 Å². The van der Waals surface area contributed by atoms with Crippen LogP contribution in [-0.2, 0) is 0 Å². The van der Waals surface area contributed by atoms with E-state index in [2.05, 4.69) is 38.4 Å². The normalized spacial score (nSPS) is 10.9. The number of nitrogens with one attached hydrogen (secondary N) is 2. The number of thiocarbonyl (C=S) groups is 2. The largest absolute Gasteiger partial charge is 0.375 e. The highest BCUT2D eigenvalue weighted by atomic mass is 127. The summed E-state index contributed by atoms with van der Waals surface area (Å²) in [5.41, 5.74) is 10.4. The van der Waals surface area contributed by atoms with Crippen molar-refractivity contribution in [3.05, 3.63) is 63.7 Å². The molecule has 0 saturated heterocycles. The molecule has 0 aromatic heterocycles. The maximum Gasteiger partial charge on any atom is 0.184 e. The number of hydrogen-bond acceptors (Lipinski definition) is 3. The van der Waals surface area contributed by atoms with E-state index in [1.54, 1.807) is 0 Å². The van der Waals surface area contributed by atoms with E-state index in [0.717, 1.165) is 14.8 Å². The Morgan fingerprint density at radius 1 is 1.00 bits per heavy atom. The van der Waals surface area contributed by atoms with Crippen LogP contribution in [0.4, 0.5) is 5.69 Å². The van der Waals surface area contributed by atoms with E-state index < -0.39 is 0 Å². The molecule has 0 heterocycles. The van der Waals surface area contributed by atoms with Crippen molar-refractivity contribution in [2.75, 3.05) is 5.32 Å². The van der Waals surface area contributed by atoms with Crippen molar-refractivity contribution in [2.24, 2.45) is 10.8 Å². The smallest absolute Gasteiger partial charge is 0.184 e. The van der Waals surface area contributed by atoms with Gasteiger partial charge in [-0.2, -0.15) is 5.10 Å². The van der Waals surface area contributed by atoms with E-state index in [1.807, 2.05) is 54.6 Å². The van der Waals surface area contributed by atoms with Crippen LogP contribution >= 0.6 is 47.0 Å². The second kappa shape index (κ2) is 8.16. The fourth-order valence-corrected chi connectivity index (χ4v) is 2.36. The van der Waals surface area contributed by atoms with Gasteiger partial charge in [-0.3, -0.25) is 5.43 Å². The number of anilines is 1. The standard InChI is InChI=1S/C15H13IN4S2/c16-11-6-8-12(9-7-11)18-14(21)13(19-20-15(17)22)10-4-2-1-3-5-10/h1-9H,(H,18,21)(H3,17,20,22)/b19-13+. The van der Waals surface area contributed by atoms with Gasteiger partial charge in [0.05, 0.1) is 0 Å². The molecule has 7 heteroatoms. The zero-order chi connectivity index (χ0) is 15.9. The van der Waals surface area contributed by atoms with E-state index in [4.69, 9.17) is 30.2 Å². The number of halogens is 1. The molecule has 0 amide bonds. The van der Waals surface area contributed by atoms with Gasteiger partial charge < -0.3 is 11.1 Å². The van der Waals surface area contributed by atoms with Crippen LogP contribution in [0.15, 0.2) is 59.7 Å². The first-order valence-corrected chi connectivity index (χ1v) is 8.21. The molecule has 0 unspecified atom stereocenters. The van der Waals surface area contributed by atoms with Crippen LogP contribution in [0.5, 0.6) is 0 Å². The number of nitrogens with zero attached hydrogens (tertiary/aromatic N) is 1. The lowest BCUT2D eigenvalue weighted by molar-refractivity contribution is 1.04. The van der Waals surface area contributed by atoms with E-state index in [1.165, 1.54) is 0 Å². The predicted molar refractivity (Wildman–Crippen MR) is 108 cm³/mol. The van der Waals surface area contributed by atoms with Gasteiger partial charge in [-0.1, -0.05) is 42.5 Å². The van der Waals surface area contributed by atoms with Gasteiger partial charge in [-0.25, -0.2) is 0 Å². The molecular weight excluding hydrogens is 427 g/mol. The molecule has 2 aromatic carbocycles. The summed E-state index contributed by atoms with van der Waals surface area (Å²) < 4.78 is 1.15. The van der Waals surface area contributed by atoms with Crippen LogP contribution in [0, 0.1) is 3.57 Å². The summed E-state index contributed by atoms with van der Waals surface area (Å²) in [6.45, 7) is 0. The lowest BCUT2D eigenvalue weighted by atomic mass is 10.1. The van der Waals surface area contributed by atoms with E-state index in [-0.39, 0.29) is 5.11 Å². The van der Waals surface area contributed by atoms with Gasteiger partial charge in [0.2, 0.25) is 0 Å². The second-order valence-corrected chi connectivity index (χ2v) is 6.36. The van der Waals surface area contributed by atoms with Gasteiger partial charge in [-0.15, -0.1) is 0 Å². The Hall–Kier alpha value is -1.58. The van der Waals surface area contributed by atoms with Gasteiger partial charge in [0.1, 0.15) is 10.7 Å². The molecule has 0 aliphatic heterocycles. The SMILES string of the molecule is NC(=S)N/N=C(/C(=S)Nc1ccc(I)cc1)c1ccccc1. The summed E-state index contributed by atoms with van der Waals surface area (Å²) in [5.74, 6) is 0. The molecule has 0 spiro atoms. The molecule has 22 heavy (non-hydrogen) atoms. The number of nitrogens with two attached hydrogens (primary N) is 1. The van der Waals surface area contributed by atoms with Crippen LogP contribution in [0.3, 0.4) is 0 Å². The number of benzene rings is 2. The third-order valence-electron chi connectivity index (χ3n) is 2.64. The minimum Gasteiger partial charge on any atom is -0.375 e. The second-order valence-electron chi connectivity index (χ2n) is 4.26. The number of rotatable bonds is 4. The monoisotopic (exact) mass is 440 g/mol. The lowest BCUT2D eigenvalue weighted by Crippen LogP contribution is -2.29. The fourth-order valence-electron chi connectivity index (χ4n) is 1.68. The summed E-state index contributed by atoms with van der Waals surface area (Å²) in [5, 5.41) is 7.46. The Bertz CT molecular complexity index is 699. The first-order valence-electron chi connectivity index (χ1n) is 6.32. The van der Waals surface area contributed by atoms with Gasteiger partial charge in [0, 0.05) is 14.8 Å². The summed E-state index contributed by atoms with van der Waals surface area (Å²) in [6.07, 6.45) is 0. The predicted octanol–water partition coefficient (Wildman–Crippen LogP) is 3.27. The molecule has 0 atom stereocenters. The summed E-state index contributed by atoms with van der Waals surface area (Å²) >= 11 is 12.5. The van der Waals surface area contributed by atoms with Gasteiger partial charge >= 0.3 is 0 Å². The lowest BCUT2D eigenvalue weighted by Gasteiger charge is -2.11. The van der Waals surface area contributed by atoms with Gasteiger partial charge in [-0.05, 0) is 59.1 Å². The van der Waals surface area contributed by atoms with Crippen LogP contribution in [0.1, 0.15) is 5.56 Å². The maximum atomic E-state index is 5.46. The van der Waals surface area contributed by atoms with Gasteiger partial charge in [0.25, 0.3) is 0 Å². The quantitative estimate of drug-likeness (QED) is 0.295. The molecule has 2 aromatic rings. The van der Waals surface area contributed by atoms with E-state index in [0.29, 0.717) is 10.7 Å². The molecule has 4 nitrogen and oxygen atoms in total. The number of hydrogen-bond donors (Lipinski definition) is 3. The third-order valence-corrected chi connectivity index (χ3v) is 3.75. The zero-order valence-corrected chi connectivity index (χ0v) is 15.2. The molecule has 0 fully saturated rings. The topological polar surface area (TPSA) is 62.4 Å². The molecule has 0 saturated carbocycles.